The van der Waals surface area contributed by atoms with E-state index in [2.05, 4.69) is 5.32 Å². The molecule has 1 N–H and O–H groups in total. The first-order valence-electron chi connectivity index (χ1n) is 12.8. The largest absolute Gasteiger partial charge is 0.466 e. The van der Waals surface area contributed by atoms with Crippen LogP contribution in [0.2, 0.25) is 0 Å². The summed E-state index contributed by atoms with van der Waals surface area (Å²) in [6, 6.07) is 12.0. The van der Waals surface area contributed by atoms with Crippen molar-refractivity contribution in [1.82, 2.24) is 19.6 Å². The lowest BCUT2D eigenvalue weighted by atomic mass is 10.1. The molecule has 0 unspecified atom stereocenters. The Kier molecular flexibility index (Phi) is 7.99. The zero-order chi connectivity index (χ0) is 28.4. The minimum Gasteiger partial charge on any atom is -0.466 e. The number of carbonyl (C=O) groups excluding carboxylic acids is 3. The lowest BCUT2D eigenvalue weighted by Crippen LogP contribution is -2.57. The number of amides is 2. The minimum atomic E-state index is -0.936. The van der Waals surface area contributed by atoms with Crippen LogP contribution < -0.4 is 15.8 Å². The van der Waals surface area contributed by atoms with E-state index in [1.807, 2.05) is 31.2 Å². The van der Waals surface area contributed by atoms with E-state index in [1.54, 1.807) is 36.2 Å². The van der Waals surface area contributed by atoms with Crippen molar-refractivity contribution in [3.63, 3.8) is 0 Å². The molecule has 0 radical (unpaired) electrons. The van der Waals surface area contributed by atoms with Gasteiger partial charge in [-0.05, 0) is 37.6 Å². The lowest BCUT2D eigenvalue weighted by Gasteiger charge is -2.36. The molecule has 0 aliphatic carbocycles. The molecule has 2 aliphatic heterocycles. The third kappa shape index (κ3) is 5.50. The minimum absolute atomic E-state index is 0.128. The third-order valence-corrected chi connectivity index (χ3v) is 8.01. The first kappa shape index (κ1) is 27.5. The van der Waals surface area contributed by atoms with Crippen LogP contribution in [-0.2, 0) is 25.7 Å². The number of carbonyl (C=O) groups is 3. The average molecular weight is 578 g/mol. The normalized spacial score (nSPS) is 18.5. The van der Waals surface area contributed by atoms with Crippen molar-refractivity contribution >= 4 is 63.6 Å². The number of nitrogens with one attached hydrogen (secondary N) is 1. The number of ether oxygens (including phenoxy) is 1. The molecule has 0 spiro atoms. The number of piperazine rings is 1. The van der Waals surface area contributed by atoms with Crippen molar-refractivity contribution in [2.75, 3.05) is 24.6 Å². The summed E-state index contributed by atoms with van der Waals surface area (Å²) in [5.74, 6) is -1.02. The molecule has 3 aromatic rings. The van der Waals surface area contributed by atoms with Crippen LogP contribution in [0, 0.1) is 6.92 Å². The molecule has 2 aliphatic rings. The van der Waals surface area contributed by atoms with Crippen molar-refractivity contribution in [2.45, 2.75) is 32.9 Å². The highest BCUT2D eigenvalue weighted by atomic mass is 32.2. The fourth-order valence-corrected chi connectivity index (χ4v) is 5.87. The zero-order valence-corrected chi connectivity index (χ0v) is 23.6. The Morgan fingerprint density at radius 3 is 2.73 bits per heavy atom. The maximum absolute atomic E-state index is 13.8. The maximum Gasteiger partial charge on any atom is 0.308 e. The number of thiocarbonyl (C=S) groups is 1. The summed E-state index contributed by atoms with van der Waals surface area (Å²) < 4.78 is 6.85. The molecule has 2 amide bonds. The van der Waals surface area contributed by atoms with Crippen LogP contribution in [-0.4, -0.2) is 62.1 Å². The van der Waals surface area contributed by atoms with Crippen LogP contribution in [0.3, 0.4) is 0 Å². The molecule has 40 heavy (non-hydrogen) atoms. The predicted molar refractivity (Wildman–Crippen MR) is 157 cm³/mol. The van der Waals surface area contributed by atoms with Gasteiger partial charge in [0.1, 0.15) is 21.8 Å². The van der Waals surface area contributed by atoms with E-state index < -0.39 is 17.6 Å². The zero-order valence-electron chi connectivity index (χ0n) is 22.0. The Balaban J connectivity index is 1.57. The number of esters is 1. The van der Waals surface area contributed by atoms with Gasteiger partial charge in [-0.3, -0.25) is 28.5 Å². The molecule has 206 valence electrons. The highest BCUT2D eigenvalue weighted by molar-refractivity contribution is 8.26. The summed E-state index contributed by atoms with van der Waals surface area (Å²) in [5.41, 5.74) is 2.12. The molecule has 2 saturated heterocycles. The van der Waals surface area contributed by atoms with Gasteiger partial charge in [0.05, 0.1) is 30.0 Å². The number of fused-ring (bicyclic) bond motifs is 1. The van der Waals surface area contributed by atoms with Gasteiger partial charge in [-0.1, -0.05) is 59.9 Å². The SMILES string of the molecule is CCOC(=O)C[C@@H]1C(=O)NCCN1c1nc2ccccn2c(=O)c1/C=C1\SC(=S)N(Cc2ccc(C)cc2)C1=O. The number of pyridine rings is 1. The van der Waals surface area contributed by atoms with Crippen molar-refractivity contribution < 1.29 is 19.1 Å². The summed E-state index contributed by atoms with van der Waals surface area (Å²) in [5, 5.41) is 2.77. The number of hydrogen-bond donors (Lipinski definition) is 1. The Labute approximate surface area is 240 Å². The Hall–Kier alpha value is -4.03. The van der Waals surface area contributed by atoms with Crippen molar-refractivity contribution in [3.8, 4) is 0 Å². The van der Waals surface area contributed by atoms with Crippen LogP contribution in [0.5, 0.6) is 0 Å². The van der Waals surface area contributed by atoms with Gasteiger partial charge in [0.15, 0.2) is 0 Å². The fraction of sp³-hybridized carbons (Fsp3) is 0.286. The van der Waals surface area contributed by atoms with Crippen LogP contribution >= 0.6 is 24.0 Å². The van der Waals surface area contributed by atoms with Gasteiger partial charge in [-0.15, -0.1) is 0 Å². The molecule has 10 nitrogen and oxygen atoms in total. The Bertz CT molecular complexity index is 1600. The third-order valence-electron chi connectivity index (χ3n) is 6.63. The van der Waals surface area contributed by atoms with Gasteiger partial charge in [0.2, 0.25) is 5.91 Å². The highest BCUT2D eigenvalue weighted by Gasteiger charge is 2.36. The summed E-state index contributed by atoms with van der Waals surface area (Å²) >= 11 is 6.63. The number of anilines is 1. The molecular formula is C28H27N5O5S2. The molecule has 2 aromatic heterocycles. The van der Waals surface area contributed by atoms with Gasteiger partial charge in [-0.2, -0.15) is 0 Å². The summed E-state index contributed by atoms with van der Waals surface area (Å²) in [6.45, 7) is 4.77. The second-order valence-electron chi connectivity index (χ2n) is 9.35. The topological polar surface area (TPSA) is 113 Å². The molecule has 0 bridgehead atoms. The van der Waals surface area contributed by atoms with Gasteiger partial charge in [0.25, 0.3) is 11.5 Å². The second-order valence-corrected chi connectivity index (χ2v) is 11.0. The standard InChI is InChI=1S/C28H27N5O5S2/c1-3-38-23(34)15-20-25(35)29-11-13-31(20)24-19(26(36)32-12-5-4-6-22(32)30-24)14-21-27(37)33(28(39)40-21)16-18-9-7-17(2)8-10-18/h4-10,12,14,20H,3,11,13,15-16H2,1-2H3,(H,29,35)/b21-14-/t20-/m1/s1. The average Bonchev–Trinajstić information content (AvgIpc) is 3.20. The first-order chi connectivity index (χ1) is 19.3. The molecule has 1 aromatic carbocycles. The molecule has 5 rings (SSSR count). The van der Waals surface area contributed by atoms with Crippen LogP contribution in [0.4, 0.5) is 5.82 Å². The maximum atomic E-state index is 13.8. The number of aromatic nitrogens is 2. The number of thioether (sulfide) groups is 1. The van der Waals surface area contributed by atoms with Gasteiger partial charge < -0.3 is 15.0 Å². The van der Waals surface area contributed by atoms with Crippen LogP contribution in [0.25, 0.3) is 11.7 Å². The van der Waals surface area contributed by atoms with E-state index in [9.17, 15) is 19.2 Å². The molecule has 1 atom stereocenters. The quantitative estimate of drug-likeness (QED) is 0.257. The van der Waals surface area contributed by atoms with E-state index in [4.69, 9.17) is 21.9 Å². The van der Waals surface area contributed by atoms with E-state index in [-0.39, 0.29) is 41.1 Å². The van der Waals surface area contributed by atoms with Gasteiger partial charge in [0, 0.05) is 19.3 Å². The summed E-state index contributed by atoms with van der Waals surface area (Å²) in [6.07, 6.45) is 2.87. The fourth-order valence-electron chi connectivity index (χ4n) is 4.63. The number of rotatable bonds is 7. The summed E-state index contributed by atoms with van der Waals surface area (Å²) in [4.78, 5) is 60.6. The van der Waals surface area contributed by atoms with Gasteiger partial charge in [-0.25, -0.2) is 4.98 Å². The lowest BCUT2D eigenvalue weighted by molar-refractivity contribution is -0.145. The van der Waals surface area contributed by atoms with Crippen molar-refractivity contribution in [3.05, 3.63) is 80.6 Å². The number of aryl methyl sites for hydroxylation is 1. The smallest absolute Gasteiger partial charge is 0.308 e. The number of hydrogen-bond acceptors (Lipinski definition) is 9. The van der Waals surface area contributed by atoms with Crippen LogP contribution in [0.15, 0.2) is 58.4 Å². The van der Waals surface area contributed by atoms with Crippen molar-refractivity contribution in [2.24, 2.45) is 0 Å². The monoisotopic (exact) mass is 577 g/mol. The number of benzene rings is 1. The second kappa shape index (κ2) is 11.6. The van der Waals surface area contributed by atoms with Crippen molar-refractivity contribution in [1.29, 1.82) is 0 Å². The summed E-state index contributed by atoms with van der Waals surface area (Å²) in [7, 11) is 0. The van der Waals surface area contributed by atoms with E-state index in [0.29, 0.717) is 29.6 Å². The molecule has 0 saturated carbocycles. The molecule has 4 heterocycles. The molecule has 2 fully saturated rings. The Morgan fingerprint density at radius 1 is 1.20 bits per heavy atom. The van der Waals surface area contributed by atoms with E-state index in [0.717, 1.165) is 22.9 Å². The Morgan fingerprint density at radius 2 is 1.98 bits per heavy atom. The molecule has 12 heteroatoms. The van der Waals surface area contributed by atoms with E-state index in [1.165, 1.54) is 15.4 Å². The number of nitrogens with zero attached hydrogens (tertiary/aromatic N) is 4. The highest BCUT2D eigenvalue weighted by Crippen LogP contribution is 2.35. The molecular weight excluding hydrogens is 550 g/mol. The van der Waals surface area contributed by atoms with E-state index >= 15 is 0 Å². The van der Waals surface area contributed by atoms with Crippen LogP contribution in [0.1, 0.15) is 30.0 Å². The predicted octanol–water partition coefficient (Wildman–Crippen LogP) is 2.66. The first-order valence-corrected chi connectivity index (χ1v) is 14.0. The van der Waals surface area contributed by atoms with Gasteiger partial charge >= 0.3 is 5.97 Å².